The lowest BCUT2D eigenvalue weighted by Crippen LogP contribution is -2.22. The highest BCUT2D eigenvalue weighted by molar-refractivity contribution is 7.89. The normalized spacial score (nSPS) is 10.9. The Morgan fingerprint density at radius 2 is 1.71 bits per heavy atom. The quantitative estimate of drug-likeness (QED) is 0.439. The van der Waals surface area contributed by atoms with Crippen LogP contribution in [0.2, 0.25) is 0 Å². The molecule has 0 aliphatic carbocycles. The maximum Gasteiger partial charge on any atom is 0.341 e. The molecule has 11 heteroatoms. The first kappa shape index (κ1) is 24.0. The number of rotatable bonds is 9. The highest BCUT2D eigenvalue weighted by atomic mass is 32.2. The van der Waals surface area contributed by atoms with E-state index in [1.807, 2.05) is 6.92 Å². The molecular weight excluding hydrogens is 431 g/mol. The fourth-order valence-corrected chi connectivity index (χ4v) is 2.87. The van der Waals surface area contributed by atoms with Crippen LogP contribution in [-0.4, -0.2) is 39.5 Å². The van der Waals surface area contributed by atoms with Crippen molar-refractivity contribution in [3.05, 3.63) is 59.4 Å². The standard InChI is InChI=1S/C20H21FN2O7S/c1-2-3-10-29-19(25)13-4-6-14(7-5-13)23-18(24)12-30-20(26)16-11-15(31(22,27)28)8-9-17(16)21/h4-9,11H,2-3,10,12H2,1H3,(H,23,24)(H2,22,27,28). The van der Waals surface area contributed by atoms with E-state index in [-0.39, 0.29) is 0 Å². The van der Waals surface area contributed by atoms with Gasteiger partial charge in [0.15, 0.2) is 6.61 Å². The predicted molar refractivity (Wildman–Crippen MR) is 108 cm³/mol. The van der Waals surface area contributed by atoms with Gasteiger partial charge in [-0.2, -0.15) is 0 Å². The van der Waals surface area contributed by atoms with Gasteiger partial charge in [-0.15, -0.1) is 0 Å². The molecule has 0 aromatic heterocycles. The fourth-order valence-electron chi connectivity index (χ4n) is 2.33. The van der Waals surface area contributed by atoms with Gasteiger partial charge in [0.25, 0.3) is 5.91 Å². The third kappa shape index (κ3) is 7.15. The number of esters is 2. The monoisotopic (exact) mass is 452 g/mol. The van der Waals surface area contributed by atoms with Crippen molar-refractivity contribution in [1.29, 1.82) is 0 Å². The summed E-state index contributed by atoms with van der Waals surface area (Å²) in [5.41, 5.74) is -0.0374. The lowest BCUT2D eigenvalue weighted by atomic mass is 10.2. The number of halogens is 1. The Hall–Kier alpha value is -3.31. The summed E-state index contributed by atoms with van der Waals surface area (Å²) in [7, 11) is -4.15. The van der Waals surface area contributed by atoms with E-state index < -0.39 is 50.8 Å². The van der Waals surface area contributed by atoms with Crippen molar-refractivity contribution < 1.29 is 36.7 Å². The Bertz CT molecular complexity index is 1070. The number of anilines is 1. The number of unbranched alkanes of at least 4 members (excludes halogenated alkanes) is 1. The van der Waals surface area contributed by atoms with Crippen LogP contribution >= 0.6 is 0 Å². The minimum Gasteiger partial charge on any atom is -0.462 e. The largest absolute Gasteiger partial charge is 0.462 e. The molecule has 1 amide bonds. The number of nitrogens with one attached hydrogen (secondary N) is 1. The summed E-state index contributed by atoms with van der Waals surface area (Å²) in [6.45, 7) is 1.54. The van der Waals surface area contributed by atoms with Gasteiger partial charge in [-0.25, -0.2) is 27.5 Å². The predicted octanol–water partition coefficient (Wildman–Crippen LogP) is 2.23. The molecule has 0 saturated heterocycles. The van der Waals surface area contributed by atoms with Gasteiger partial charge < -0.3 is 14.8 Å². The number of ether oxygens (including phenoxy) is 2. The first-order valence-corrected chi connectivity index (χ1v) is 10.7. The third-order valence-electron chi connectivity index (χ3n) is 3.96. The molecule has 0 aliphatic heterocycles. The molecular formula is C20H21FN2O7S. The smallest absolute Gasteiger partial charge is 0.341 e. The van der Waals surface area contributed by atoms with E-state index in [9.17, 15) is 27.2 Å². The second kappa shape index (κ2) is 10.6. The Balaban J connectivity index is 1.92. The number of sulfonamides is 1. The van der Waals surface area contributed by atoms with Crippen molar-refractivity contribution in [3.8, 4) is 0 Å². The number of nitrogens with two attached hydrogens (primary N) is 1. The van der Waals surface area contributed by atoms with Crippen LogP contribution in [0.1, 0.15) is 40.5 Å². The lowest BCUT2D eigenvalue weighted by Gasteiger charge is -2.09. The van der Waals surface area contributed by atoms with Crippen LogP contribution in [0.15, 0.2) is 47.4 Å². The van der Waals surface area contributed by atoms with Crippen molar-refractivity contribution in [3.63, 3.8) is 0 Å². The Labute approximate surface area is 178 Å². The van der Waals surface area contributed by atoms with E-state index >= 15 is 0 Å². The van der Waals surface area contributed by atoms with Crippen LogP contribution in [0.4, 0.5) is 10.1 Å². The van der Waals surface area contributed by atoms with Crippen LogP contribution in [0.5, 0.6) is 0 Å². The van der Waals surface area contributed by atoms with E-state index in [4.69, 9.17) is 14.6 Å². The minimum atomic E-state index is -4.15. The van der Waals surface area contributed by atoms with E-state index in [2.05, 4.69) is 5.32 Å². The molecule has 31 heavy (non-hydrogen) atoms. The molecule has 3 N–H and O–H groups in total. The summed E-state index contributed by atoms with van der Waals surface area (Å²) in [5.74, 6) is -3.47. The maximum absolute atomic E-state index is 13.8. The molecule has 0 unspecified atom stereocenters. The van der Waals surface area contributed by atoms with Gasteiger partial charge in [0.1, 0.15) is 5.82 Å². The highest BCUT2D eigenvalue weighted by Gasteiger charge is 2.19. The average Bonchev–Trinajstić information content (AvgIpc) is 2.72. The molecule has 2 aromatic carbocycles. The van der Waals surface area contributed by atoms with Crippen LogP contribution in [0.25, 0.3) is 0 Å². The van der Waals surface area contributed by atoms with Gasteiger partial charge in [0.05, 0.1) is 22.6 Å². The fraction of sp³-hybridized carbons (Fsp3) is 0.250. The lowest BCUT2D eigenvalue weighted by molar-refractivity contribution is -0.119. The first-order chi connectivity index (χ1) is 14.6. The molecule has 0 heterocycles. The summed E-state index contributed by atoms with van der Waals surface area (Å²) in [5, 5.41) is 7.39. The average molecular weight is 452 g/mol. The number of amides is 1. The SMILES string of the molecule is CCCCOC(=O)c1ccc(NC(=O)COC(=O)c2cc(S(N)(=O)=O)ccc2F)cc1. The second-order valence-electron chi connectivity index (χ2n) is 6.38. The summed E-state index contributed by atoms with van der Waals surface area (Å²) >= 11 is 0. The zero-order valence-corrected chi connectivity index (χ0v) is 17.4. The van der Waals surface area contributed by atoms with Crippen molar-refractivity contribution in [1.82, 2.24) is 0 Å². The van der Waals surface area contributed by atoms with Crippen molar-refractivity contribution in [2.75, 3.05) is 18.5 Å². The molecule has 0 fully saturated rings. The molecule has 0 radical (unpaired) electrons. The number of benzene rings is 2. The molecule has 166 valence electrons. The molecule has 0 aliphatic rings. The number of hydrogen-bond acceptors (Lipinski definition) is 7. The van der Waals surface area contributed by atoms with Gasteiger partial charge in [0, 0.05) is 5.69 Å². The van der Waals surface area contributed by atoms with Crippen molar-refractivity contribution in [2.45, 2.75) is 24.7 Å². The Morgan fingerprint density at radius 1 is 1.03 bits per heavy atom. The second-order valence-corrected chi connectivity index (χ2v) is 7.94. The maximum atomic E-state index is 13.8. The third-order valence-corrected chi connectivity index (χ3v) is 4.87. The van der Waals surface area contributed by atoms with Crippen molar-refractivity contribution >= 4 is 33.6 Å². The molecule has 9 nitrogen and oxygen atoms in total. The summed E-state index contributed by atoms with van der Waals surface area (Å²) in [4.78, 5) is 35.3. The van der Waals surface area contributed by atoms with Crippen LogP contribution in [0, 0.1) is 5.82 Å². The minimum absolute atomic E-state index is 0.311. The van der Waals surface area contributed by atoms with E-state index in [0.29, 0.717) is 17.9 Å². The summed E-state index contributed by atoms with van der Waals surface area (Å²) in [6, 6.07) is 8.23. The topological polar surface area (TPSA) is 142 Å². The molecule has 0 bridgehead atoms. The highest BCUT2D eigenvalue weighted by Crippen LogP contribution is 2.15. The molecule has 2 aromatic rings. The molecule has 2 rings (SSSR count). The van der Waals surface area contributed by atoms with E-state index in [1.54, 1.807) is 0 Å². The van der Waals surface area contributed by atoms with Gasteiger partial charge >= 0.3 is 11.9 Å². The van der Waals surface area contributed by atoms with E-state index in [0.717, 1.165) is 31.0 Å². The number of primary sulfonamides is 1. The van der Waals surface area contributed by atoms with Gasteiger partial charge in [-0.05, 0) is 48.9 Å². The number of hydrogen-bond donors (Lipinski definition) is 2. The number of carbonyl (C=O) groups is 3. The van der Waals surface area contributed by atoms with E-state index in [1.165, 1.54) is 24.3 Å². The number of carbonyl (C=O) groups excluding carboxylic acids is 3. The van der Waals surface area contributed by atoms with Gasteiger partial charge in [-0.1, -0.05) is 13.3 Å². The molecule has 0 spiro atoms. The summed E-state index contributed by atoms with van der Waals surface area (Å²) < 4.78 is 46.3. The zero-order chi connectivity index (χ0) is 23.0. The van der Waals surface area contributed by atoms with Gasteiger partial charge in [-0.3, -0.25) is 4.79 Å². The summed E-state index contributed by atoms with van der Waals surface area (Å²) in [6.07, 6.45) is 1.65. The van der Waals surface area contributed by atoms with Crippen LogP contribution in [0.3, 0.4) is 0 Å². The Kier molecular flexibility index (Phi) is 8.22. The molecule has 0 atom stereocenters. The van der Waals surface area contributed by atoms with Crippen molar-refractivity contribution in [2.24, 2.45) is 5.14 Å². The zero-order valence-electron chi connectivity index (χ0n) is 16.6. The van der Waals surface area contributed by atoms with Crippen LogP contribution in [-0.2, 0) is 24.3 Å². The first-order valence-electron chi connectivity index (χ1n) is 9.18. The molecule has 0 saturated carbocycles. The van der Waals surface area contributed by atoms with Gasteiger partial charge in [0.2, 0.25) is 10.0 Å². The van der Waals surface area contributed by atoms with Crippen LogP contribution < -0.4 is 10.5 Å². The Morgan fingerprint density at radius 3 is 2.32 bits per heavy atom.